The van der Waals surface area contributed by atoms with Crippen LogP contribution in [-0.4, -0.2) is 28.0 Å². The quantitative estimate of drug-likeness (QED) is 0.938. The molecule has 0 aliphatic heterocycles. The van der Waals surface area contributed by atoms with Crippen molar-refractivity contribution in [3.05, 3.63) is 34.6 Å². The van der Waals surface area contributed by atoms with E-state index in [0.29, 0.717) is 11.4 Å². The van der Waals surface area contributed by atoms with E-state index < -0.39 is 5.97 Å². The lowest BCUT2D eigenvalue weighted by Crippen LogP contribution is -2.03. The Bertz CT molecular complexity index is 622. The number of carboxylic acid groups (broad SMARTS) is 1. The van der Waals surface area contributed by atoms with Crippen LogP contribution in [0.4, 0.5) is 0 Å². The maximum Gasteiger partial charge on any atom is 0.309 e. The van der Waals surface area contributed by atoms with Crippen LogP contribution in [-0.2, 0) is 18.3 Å². The fourth-order valence-electron chi connectivity index (χ4n) is 1.92. The van der Waals surface area contributed by atoms with Crippen molar-refractivity contribution in [1.82, 2.24) is 9.78 Å². The zero-order valence-electron chi connectivity index (χ0n) is 10.6. The molecule has 0 unspecified atom stereocenters. The number of aliphatic carboxylic acids is 1. The lowest BCUT2D eigenvalue weighted by molar-refractivity contribution is -0.136. The summed E-state index contributed by atoms with van der Waals surface area (Å²) in [4.78, 5) is 10.9. The normalized spacial score (nSPS) is 10.5. The summed E-state index contributed by atoms with van der Waals surface area (Å²) in [5.41, 5.74) is 2.11. The van der Waals surface area contributed by atoms with Crippen molar-refractivity contribution in [2.75, 3.05) is 7.11 Å². The second kappa shape index (κ2) is 5.44. The Balaban J connectivity index is 2.57. The second-order valence-corrected chi connectivity index (χ2v) is 4.99. The maximum atomic E-state index is 10.9. The van der Waals surface area contributed by atoms with E-state index >= 15 is 0 Å². The number of ether oxygens (including phenoxy) is 1. The summed E-state index contributed by atoms with van der Waals surface area (Å²) in [5.74, 6) is -0.225. The van der Waals surface area contributed by atoms with E-state index in [4.69, 9.17) is 9.84 Å². The fraction of sp³-hybridized carbons (Fsp3) is 0.231. The fourth-order valence-corrected chi connectivity index (χ4v) is 2.29. The number of hydrogen-bond acceptors (Lipinski definition) is 3. The Morgan fingerprint density at radius 3 is 2.84 bits per heavy atom. The molecule has 1 aromatic heterocycles. The van der Waals surface area contributed by atoms with Crippen LogP contribution in [0.15, 0.2) is 28.9 Å². The van der Waals surface area contributed by atoms with Crippen molar-refractivity contribution in [2.45, 2.75) is 6.42 Å². The highest BCUT2D eigenvalue weighted by Gasteiger charge is 2.16. The Hall–Kier alpha value is -1.82. The molecule has 0 amide bonds. The first-order valence-corrected chi connectivity index (χ1v) is 6.38. The topological polar surface area (TPSA) is 64.4 Å². The molecule has 100 valence electrons. The molecule has 0 saturated heterocycles. The van der Waals surface area contributed by atoms with Gasteiger partial charge in [0, 0.05) is 28.8 Å². The number of halogens is 1. The zero-order chi connectivity index (χ0) is 14.0. The second-order valence-electron chi connectivity index (χ2n) is 4.08. The van der Waals surface area contributed by atoms with E-state index in [1.807, 2.05) is 18.2 Å². The first-order chi connectivity index (χ1) is 9.01. The molecule has 1 heterocycles. The summed E-state index contributed by atoms with van der Waals surface area (Å²) in [6, 6.07) is 5.59. The number of methoxy groups -OCH3 is 1. The zero-order valence-corrected chi connectivity index (χ0v) is 12.1. The molecule has 0 atom stereocenters. The number of nitrogens with zero attached hydrogens (tertiary/aromatic N) is 2. The molecule has 0 bridgehead atoms. The third-order valence-electron chi connectivity index (χ3n) is 2.68. The van der Waals surface area contributed by atoms with E-state index in [1.54, 1.807) is 25.0 Å². The van der Waals surface area contributed by atoms with Crippen LogP contribution >= 0.6 is 15.9 Å². The molecule has 2 aromatic rings. The minimum Gasteiger partial charge on any atom is -0.496 e. The van der Waals surface area contributed by atoms with Gasteiger partial charge in [-0.1, -0.05) is 15.9 Å². The number of carbonyl (C=O) groups is 1. The molecule has 0 radical (unpaired) electrons. The molecule has 6 heteroatoms. The summed E-state index contributed by atoms with van der Waals surface area (Å²) in [6.07, 6.45) is 1.68. The summed E-state index contributed by atoms with van der Waals surface area (Å²) in [7, 11) is 3.35. The Labute approximate surface area is 118 Å². The summed E-state index contributed by atoms with van der Waals surface area (Å²) in [5, 5.41) is 13.1. The van der Waals surface area contributed by atoms with Crippen LogP contribution in [0.1, 0.15) is 5.69 Å². The highest BCUT2D eigenvalue weighted by Crippen LogP contribution is 2.34. The van der Waals surface area contributed by atoms with Crippen LogP contribution in [0.3, 0.4) is 0 Å². The number of aryl methyl sites for hydroxylation is 1. The van der Waals surface area contributed by atoms with Gasteiger partial charge in [0.15, 0.2) is 0 Å². The number of hydrogen-bond donors (Lipinski definition) is 1. The Morgan fingerprint density at radius 2 is 2.21 bits per heavy atom. The van der Waals surface area contributed by atoms with Gasteiger partial charge in [-0.05, 0) is 18.2 Å². The molecule has 19 heavy (non-hydrogen) atoms. The number of benzene rings is 1. The van der Waals surface area contributed by atoms with Gasteiger partial charge in [-0.15, -0.1) is 0 Å². The molecule has 0 fully saturated rings. The molecule has 0 aliphatic rings. The molecular formula is C13H13BrN2O3. The molecule has 0 aliphatic carbocycles. The molecule has 1 aromatic carbocycles. The Morgan fingerprint density at radius 1 is 1.47 bits per heavy atom. The van der Waals surface area contributed by atoms with Gasteiger partial charge in [0.05, 0.1) is 19.2 Å². The van der Waals surface area contributed by atoms with E-state index in [1.165, 1.54) is 0 Å². The number of aromatic nitrogens is 2. The van der Waals surface area contributed by atoms with Crippen LogP contribution in [0.25, 0.3) is 11.1 Å². The first-order valence-electron chi connectivity index (χ1n) is 5.59. The standard InChI is InChI=1S/C13H13BrN2O3/c1-16-7-10(11(15-16)6-13(17)18)9-5-8(14)3-4-12(9)19-2/h3-5,7H,6H2,1-2H3,(H,17,18). The predicted octanol–water partition coefficient (Wildman–Crippen LogP) is 2.49. The van der Waals surface area contributed by atoms with Gasteiger partial charge in [-0.25, -0.2) is 0 Å². The van der Waals surface area contributed by atoms with Gasteiger partial charge >= 0.3 is 5.97 Å². The lowest BCUT2D eigenvalue weighted by atomic mass is 10.0. The molecular weight excluding hydrogens is 312 g/mol. The average Bonchev–Trinajstić information content (AvgIpc) is 2.69. The van der Waals surface area contributed by atoms with Gasteiger partial charge in [0.1, 0.15) is 5.75 Å². The van der Waals surface area contributed by atoms with Crippen LogP contribution in [0, 0.1) is 0 Å². The summed E-state index contributed by atoms with van der Waals surface area (Å²) < 4.78 is 7.82. The van der Waals surface area contributed by atoms with Crippen LogP contribution < -0.4 is 4.74 Å². The summed E-state index contributed by atoms with van der Waals surface area (Å²) in [6.45, 7) is 0. The largest absolute Gasteiger partial charge is 0.496 e. The molecule has 0 spiro atoms. The van der Waals surface area contributed by atoms with Gasteiger partial charge < -0.3 is 9.84 Å². The minimum atomic E-state index is -0.908. The van der Waals surface area contributed by atoms with E-state index in [9.17, 15) is 4.79 Å². The molecule has 1 N–H and O–H groups in total. The smallest absolute Gasteiger partial charge is 0.309 e. The molecule has 0 saturated carbocycles. The van der Waals surface area contributed by atoms with Crippen molar-refractivity contribution in [2.24, 2.45) is 7.05 Å². The third kappa shape index (κ3) is 2.96. The van der Waals surface area contributed by atoms with Gasteiger partial charge in [0.25, 0.3) is 0 Å². The average molecular weight is 325 g/mol. The lowest BCUT2D eigenvalue weighted by Gasteiger charge is -2.08. The first kappa shape index (κ1) is 13.6. The Kier molecular flexibility index (Phi) is 3.90. The maximum absolute atomic E-state index is 10.9. The van der Waals surface area contributed by atoms with Crippen molar-refractivity contribution >= 4 is 21.9 Å². The SMILES string of the molecule is COc1ccc(Br)cc1-c1cn(C)nc1CC(=O)O. The summed E-state index contributed by atoms with van der Waals surface area (Å²) >= 11 is 3.41. The highest BCUT2D eigenvalue weighted by molar-refractivity contribution is 9.10. The van der Waals surface area contributed by atoms with E-state index in [0.717, 1.165) is 15.6 Å². The van der Waals surface area contributed by atoms with Gasteiger partial charge in [0.2, 0.25) is 0 Å². The molecule has 5 nitrogen and oxygen atoms in total. The van der Waals surface area contributed by atoms with E-state index in [-0.39, 0.29) is 6.42 Å². The number of carboxylic acids is 1. The third-order valence-corrected chi connectivity index (χ3v) is 3.17. The minimum absolute atomic E-state index is 0.119. The van der Waals surface area contributed by atoms with Gasteiger partial charge in [-0.3, -0.25) is 9.48 Å². The van der Waals surface area contributed by atoms with Crippen LogP contribution in [0.2, 0.25) is 0 Å². The van der Waals surface area contributed by atoms with Crippen LogP contribution in [0.5, 0.6) is 5.75 Å². The van der Waals surface area contributed by atoms with Crippen molar-refractivity contribution in [1.29, 1.82) is 0 Å². The number of rotatable bonds is 4. The van der Waals surface area contributed by atoms with Crippen molar-refractivity contribution in [3.63, 3.8) is 0 Å². The van der Waals surface area contributed by atoms with Gasteiger partial charge in [-0.2, -0.15) is 5.10 Å². The van der Waals surface area contributed by atoms with E-state index in [2.05, 4.69) is 21.0 Å². The van der Waals surface area contributed by atoms with Crippen molar-refractivity contribution < 1.29 is 14.6 Å². The highest BCUT2D eigenvalue weighted by atomic mass is 79.9. The predicted molar refractivity (Wildman–Crippen MR) is 74.2 cm³/mol. The monoisotopic (exact) mass is 324 g/mol. The van der Waals surface area contributed by atoms with Crippen molar-refractivity contribution in [3.8, 4) is 16.9 Å². The molecule has 2 rings (SSSR count).